The highest BCUT2D eigenvalue weighted by atomic mass is 32.1. The van der Waals surface area contributed by atoms with Crippen molar-refractivity contribution in [2.45, 2.75) is 25.7 Å². The number of thiocarbonyl (C=S) groups is 1. The zero-order valence-corrected chi connectivity index (χ0v) is 10.2. The van der Waals surface area contributed by atoms with Gasteiger partial charge in [-0.2, -0.15) is 5.10 Å². The van der Waals surface area contributed by atoms with Crippen molar-refractivity contribution < 1.29 is 4.39 Å². The van der Waals surface area contributed by atoms with Crippen LogP contribution in [0.3, 0.4) is 0 Å². The lowest BCUT2D eigenvalue weighted by Crippen LogP contribution is -2.25. The van der Waals surface area contributed by atoms with Gasteiger partial charge in [-0.15, -0.1) is 0 Å². The Morgan fingerprint density at radius 3 is 2.65 bits per heavy atom. The molecule has 0 bridgehead atoms. The molecule has 0 atom stereocenters. The first-order valence-electron chi connectivity index (χ1n) is 5.62. The molecule has 0 unspecified atom stereocenters. The molecule has 5 heteroatoms. The summed E-state index contributed by atoms with van der Waals surface area (Å²) in [6.45, 7) is 0. The Bertz CT molecular complexity index is 437. The zero-order chi connectivity index (χ0) is 12.1. The molecule has 1 aliphatic rings. The first-order valence-corrected chi connectivity index (χ1v) is 6.03. The lowest BCUT2D eigenvalue weighted by molar-refractivity contribution is 0.632. The van der Waals surface area contributed by atoms with E-state index in [1.54, 1.807) is 18.2 Å². The van der Waals surface area contributed by atoms with Crippen LogP contribution in [0, 0.1) is 5.82 Å². The van der Waals surface area contributed by atoms with Gasteiger partial charge < -0.3 is 5.32 Å². The number of rotatable bonds is 2. The molecule has 0 aromatic heterocycles. The molecular weight excluding hydrogens is 237 g/mol. The second-order valence-corrected chi connectivity index (χ2v) is 4.34. The van der Waals surface area contributed by atoms with Gasteiger partial charge in [-0.05, 0) is 50.0 Å². The number of nitrogens with zero attached hydrogens (tertiary/aromatic N) is 1. The molecule has 0 spiro atoms. The van der Waals surface area contributed by atoms with Gasteiger partial charge in [-0.3, -0.25) is 5.43 Å². The highest BCUT2D eigenvalue weighted by Crippen LogP contribution is 2.14. The van der Waals surface area contributed by atoms with Crippen LogP contribution < -0.4 is 10.7 Å². The number of halogens is 1. The summed E-state index contributed by atoms with van der Waals surface area (Å²) in [5.41, 5.74) is 4.23. The van der Waals surface area contributed by atoms with E-state index in [2.05, 4.69) is 15.8 Å². The summed E-state index contributed by atoms with van der Waals surface area (Å²) < 4.78 is 13.3. The third kappa shape index (κ3) is 3.49. The zero-order valence-electron chi connectivity index (χ0n) is 9.37. The first kappa shape index (κ1) is 12.0. The Morgan fingerprint density at radius 1 is 1.24 bits per heavy atom. The second kappa shape index (κ2) is 5.72. The van der Waals surface area contributed by atoms with Crippen molar-refractivity contribution in [2.24, 2.45) is 5.10 Å². The fraction of sp³-hybridized carbons (Fsp3) is 0.333. The SMILES string of the molecule is Fc1ccccc1NC(=S)NN=C1CCCC1. The van der Waals surface area contributed by atoms with Gasteiger partial charge >= 0.3 is 0 Å². The first-order chi connectivity index (χ1) is 8.25. The highest BCUT2D eigenvalue weighted by Gasteiger charge is 2.08. The molecule has 1 saturated carbocycles. The van der Waals surface area contributed by atoms with Gasteiger partial charge in [-0.1, -0.05) is 12.1 Å². The van der Waals surface area contributed by atoms with Crippen LogP contribution in [0.25, 0.3) is 0 Å². The van der Waals surface area contributed by atoms with E-state index in [1.807, 2.05) is 0 Å². The number of hydrogen-bond donors (Lipinski definition) is 2. The second-order valence-electron chi connectivity index (χ2n) is 3.93. The van der Waals surface area contributed by atoms with Crippen LogP contribution in [-0.2, 0) is 0 Å². The number of hydrogen-bond acceptors (Lipinski definition) is 2. The molecule has 2 N–H and O–H groups in total. The van der Waals surface area contributed by atoms with Crippen molar-refractivity contribution in [3.8, 4) is 0 Å². The monoisotopic (exact) mass is 251 g/mol. The van der Waals surface area contributed by atoms with E-state index in [0.717, 1.165) is 18.6 Å². The normalized spacial score (nSPS) is 14.5. The smallest absolute Gasteiger partial charge is 0.191 e. The van der Waals surface area contributed by atoms with Crippen LogP contribution >= 0.6 is 12.2 Å². The predicted molar refractivity (Wildman–Crippen MR) is 71.7 cm³/mol. The topological polar surface area (TPSA) is 36.4 Å². The Labute approximate surface area is 105 Å². The molecule has 0 amide bonds. The van der Waals surface area contributed by atoms with Crippen molar-refractivity contribution in [3.63, 3.8) is 0 Å². The summed E-state index contributed by atoms with van der Waals surface area (Å²) in [6.07, 6.45) is 4.42. The molecule has 0 aliphatic heterocycles. The van der Waals surface area contributed by atoms with Crippen LogP contribution in [0.15, 0.2) is 29.4 Å². The number of benzene rings is 1. The molecule has 90 valence electrons. The Hall–Kier alpha value is -1.49. The summed E-state index contributed by atoms with van der Waals surface area (Å²) in [7, 11) is 0. The summed E-state index contributed by atoms with van der Waals surface area (Å²) in [6, 6.07) is 6.40. The molecule has 17 heavy (non-hydrogen) atoms. The van der Waals surface area contributed by atoms with Crippen LogP contribution in [0.4, 0.5) is 10.1 Å². The molecule has 1 fully saturated rings. The maximum Gasteiger partial charge on any atom is 0.191 e. The van der Waals surface area contributed by atoms with E-state index in [4.69, 9.17) is 12.2 Å². The van der Waals surface area contributed by atoms with Crippen LogP contribution in [0.5, 0.6) is 0 Å². The van der Waals surface area contributed by atoms with Gasteiger partial charge in [0.25, 0.3) is 0 Å². The summed E-state index contributed by atoms with van der Waals surface area (Å²) in [4.78, 5) is 0. The average Bonchev–Trinajstić information content (AvgIpc) is 2.82. The average molecular weight is 251 g/mol. The molecule has 1 aliphatic carbocycles. The van der Waals surface area contributed by atoms with Gasteiger partial charge in [0.2, 0.25) is 0 Å². The van der Waals surface area contributed by atoms with Gasteiger partial charge in [-0.25, -0.2) is 4.39 Å². The summed E-state index contributed by atoms with van der Waals surface area (Å²) in [5.74, 6) is -0.329. The molecule has 3 nitrogen and oxygen atoms in total. The van der Waals surface area contributed by atoms with Gasteiger partial charge in [0, 0.05) is 5.71 Å². The van der Waals surface area contributed by atoms with E-state index in [1.165, 1.54) is 18.9 Å². The van der Waals surface area contributed by atoms with E-state index < -0.39 is 0 Å². The highest BCUT2D eigenvalue weighted by molar-refractivity contribution is 7.80. The summed E-state index contributed by atoms with van der Waals surface area (Å²) in [5, 5.41) is 7.28. The predicted octanol–water partition coefficient (Wildman–Crippen LogP) is 3.04. The van der Waals surface area contributed by atoms with E-state index in [-0.39, 0.29) is 5.82 Å². The fourth-order valence-electron chi connectivity index (χ4n) is 1.74. The quantitative estimate of drug-likeness (QED) is 0.626. The maximum atomic E-state index is 13.3. The largest absolute Gasteiger partial charge is 0.329 e. The van der Waals surface area contributed by atoms with Crippen LogP contribution in [0.1, 0.15) is 25.7 Å². The lowest BCUT2D eigenvalue weighted by Gasteiger charge is -2.08. The lowest BCUT2D eigenvalue weighted by atomic mass is 10.3. The van der Waals surface area contributed by atoms with Crippen molar-refractivity contribution >= 4 is 28.7 Å². The van der Waals surface area contributed by atoms with Crippen molar-refractivity contribution in [1.29, 1.82) is 0 Å². The maximum absolute atomic E-state index is 13.3. The molecule has 0 heterocycles. The third-order valence-electron chi connectivity index (χ3n) is 2.62. The Morgan fingerprint density at radius 2 is 1.94 bits per heavy atom. The third-order valence-corrected chi connectivity index (χ3v) is 2.81. The molecule has 2 rings (SSSR count). The van der Waals surface area contributed by atoms with E-state index in [0.29, 0.717) is 10.8 Å². The van der Waals surface area contributed by atoms with Crippen molar-refractivity contribution in [1.82, 2.24) is 5.43 Å². The molecule has 1 aromatic carbocycles. The number of hydrazone groups is 1. The van der Waals surface area contributed by atoms with E-state index in [9.17, 15) is 4.39 Å². The van der Waals surface area contributed by atoms with Gasteiger partial charge in [0.05, 0.1) is 5.69 Å². The van der Waals surface area contributed by atoms with Gasteiger partial charge in [0.15, 0.2) is 5.11 Å². The van der Waals surface area contributed by atoms with Crippen LogP contribution in [-0.4, -0.2) is 10.8 Å². The molecule has 0 saturated heterocycles. The number of nitrogens with one attached hydrogen (secondary N) is 2. The minimum absolute atomic E-state index is 0.314. The molecular formula is C12H14FN3S. The standard InChI is InChI=1S/C12H14FN3S/c13-10-7-3-4-8-11(10)14-12(17)16-15-9-5-1-2-6-9/h3-4,7-8H,1-2,5-6H2,(H2,14,16,17). The van der Waals surface area contributed by atoms with Crippen molar-refractivity contribution in [2.75, 3.05) is 5.32 Å². The van der Waals surface area contributed by atoms with E-state index >= 15 is 0 Å². The van der Waals surface area contributed by atoms with Gasteiger partial charge in [0.1, 0.15) is 5.82 Å². The fourth-order valence-corrected chi connectivity index (χ4v) is 1.89. The van der Waals surface area contributed by atoms with Crippen LogP contribution in [0.2, 0.25) is 0 Å². The minimum atomic E-state index is -0.329. The number of para-hydroxylation sites is 1. The van der Waals surface area contributed by atoms with Crippen molar-refractivity contribution in [3.05, 3.63) is 30.1 Å². The Kier molecular flexibility index (Phi) is 4.03. The summed E-state index contributed by atoms with van der Waals surface area (Å²) >= 11 is 5.03. The Balaban J connectivity index is 1.89. The number of anilines is 1. The molecule has 0 radical (unpaired) electrons. The minimum Gasteiger partial charge on any atom is -0.329 e. The molecule has 1 aromatic rings.